The molecule has 0 radical (unpaired) electrons. The van der Waals surface area contributed by atoms with Crippen LogP contribution in [0.15, 0.2) is 102 Å². The summed E-state index contributed by atoms with van der Waals surface area (Å²) >= 11 is 9.79. The van der Waals surface area contributed by atoms with Gasteiger partial charge in [0.1, 0.15) is 0 Å². The van der Waals surface area contributed by atoms with E-state index in [-0.39, 0.29) is 0 Å². The maximum Gasteiger partial charge on any atom is 0.0417 e. The molecule has 0 spiro atoms. The molecule has 4 rings (SSSR count). The fraction of sp³-hybridized carbons (Fsp3) is 0. The first-order chi connectivity index (χ1) is 12.7. The Balaban J connectivity index is 1.94. The Kier molecular flexibility index (Phi) is 4.92. The van der Waals surface area contributed by atoms with E-state index in [1.54, 1.807) is 0 Å². The number of hydrogen-bond donors (Lipinski definition) is 0. The van der Waals surface area contributed by atoms with E-state index < -0.39 is 0 Å². The summed E-state index contributed by atoms with van der Waals surface area (Å²) in [6.07, 6.45) is 0. The average Bonchev–Trinajstić information content (AvgIpc) is 2.69. The molecule has 0 aliphatic carbocycles. The van der Waals surface area contributed by atoms with E-state index in [1.807, 2.05) is 24.3 Å². The van der Waals surface area contributed by atoms with E-state index in [1.165, 1.54) is 22.3 Å². The molecule has 0 bridgehead atoms. The molecule has 0 amide bonds. The van der Waals surface area contributed by atoms with Crippen LogP contribution in [-0.2, 0) is 0 Å². The summed E-state index contributed by atoms with van der Waals surface area (Å²) in [4.78, 5) is 0. The predicted molar refractivity (Wildman–Crippen MR) is 115 cm³/mol. The van der Waals surface area contributed by atoms with Crippen molar-refractivity contribution in [3.8, 4) is 33.4 Å². The van der Waals surface area contributed by atoms with Gasteiger partial charge in [-0.15, -0.1) is 0 Å². The van der Waals surface area contributed by atoms with Crippen molar-refractivity contribution in [2.45, 2.75) is 0 Å². The minimum Gasteiger partial charge on any atom is -0.0843 e. The summed E-state index contributed by atoms with van der Waals surface area (Å²) in [5, 5.41) is 0.725. The number of benzene rings is 4. The van der Waals surface area contributed by atoms with Crippen LogP contribution < -0.4 is 0 Å². The molecule has 0 aliphatic heterocycles. The molecule has 4 aromatic rings. The monoisotopic (exact) mass is 418 g/mol. The zero-order valence-electron chi connectivity index (χ0n) is 14.0. The SMILES string of the molecule is Clc1ccc(-c2cc(-c3ccccc3)cc(-c3ccccc3)c2)c(Br)c1. The second-order valence-electron chi connectivity index (χ2n) is 6.16. The fourth-order valence-electron chi connectivity index (χ4n) is 3.10. The molecule has 2 heteroatoms. The lowest BCUT2D eigenvalue weighted by Gasteiger charge is -2.12. The molecule has 26 heavy (non-hydrogen) atoms. The second kappa shape index (κ2) is 7.49. The van der Waals surface area contributed by atoms with Gasteiger partial charge >= 0.3 is 0 Å². The van der Waals surface area contributed by atoms with E-state index in [9.17, 15) is 0 Å². The van der Waals surface area contributed by atoms with Gasteiger partial charge in [0.25, 0.3) is 0 Å². The van der Waals surface area contributed by atoms with Gasteiger partial charge in [0.05, 0.1) is 0 Å². The van der Waals surface area contributed by atoms with Crippen LogP contribution in [0.5, 0.6) is 0 Å². The Morgan fingerprint density at radius 3 is 1.50 bits per heavy atom. The molecular weight excluding hydrogens is 404 g/mol. The van der Waals surface area contributed by atoms with Crippen LogP contribution in [0, 0.1) is 0 Å². The maximum absolute atomic E-state index is 6.13. The van der Waals surface area contributed by atoms with Gasteiger partial charge in [-0.1, -0.05) is 94.3 Å². The van der Waals surface area contributed by atoms with Crippen LogP contribution in [-0.4, -0.2) is 0 Å². The van der Waals surface area contributed by atoms with E-state index >= 15 is 0 Å². The van der Waals surface area contributed by atoms with Crippen molar-refractivity contribution in [1.29, 1.82) is 0 Å². The van der Waals surface area contributed by atoms with Crippen molar-refractivity contribution >= 4 is 27.5 Å². The Bertz CT molecular complexity index is 983. The standard InChI is InChI=1S/C24H16BrCl/c25-24-16-22(26)11-12-23(24)21-14-19(17-7-3-1-4-8-17)13-20(15-21)18-9-5-2-6-10-18/h1-16H. The number of hydrogen-bond acceptors (Lipinski definition) is 0. The van der Waals surface area contributed by atoms with Crippen molar-refractivity contribution in [3.63, 3.8) is 0 Å². The van der Waals surface area contributed by atoms with E-state index in [2.05, 4.69) is 88.7 Å². The highest BCUT2D eigenvalue weighted by molar-refractivity contribution is 9.10. The van der Waals surface area contributed by atoms with Gasteiger partial charge in [-0.3, -0.25) is 0 Å². The first kappa shape index (κ1) is 17.1. The molecule has 0 aliphatic rings. The molecule has 0 saturated carbocycles. The van der Waals surface area contributed by atoms with Gasteiger partial charge in [0.15, 0.2) is 0 Å². The Labute approximate surface area is 167 Å². The molecule has 0 saturated heterocycles. The van der Waals surface area contributed by atoms with Crippen LogP contribution in [0.3, 0.4) is 0 Å². The molecule has 0 aromatic heterocycles. The average molecular weight is 420 g/mol. The summed E-state index contributed by atoms with van der Waals surface area (Å²) in [5.41, 5.74) is 7.10. The summed E-state index contributed by atoms with van der Waals surface area (Å²) in [6, 6.07) is 33.6. The zero-order valence-corrected chi connectivity index (χ0v) is 16.3. The Morgan fingerprint density at radius 1 is 0.500 bits per heavy atom. The van der Waals surface area contributed by atoms with Crippen LogP contribution >= 0.6 is 27.5 Å². The summed E-state index contributed by atoms with van der Waals surface area (Å²) in [5.74, 6) is 0. The second-order valence-corrected chi connectivity index (χ2v) is 7.45. The third kappa shape index (κ3) is 3.60. The van der Waals surface area contributed by atoms with E-state index in [0.29, 0.717) is 0 Å². The first-order valence-electron chi connectivity index (χ1n) is 8.42. The third-order valence-corrected chi connectivity index (χ3v) is 5.28. The lowest BCUT2D eigenvalue weighted by molar-refractivity contribution is 1.55. The lowest BCUT2D eigenvalue weighted by Crippen LogP contribution is -1.87. The third-order valence-electron chi connectivity index (χ3n) is 4.39. The van der Waals surface area contributed by atoms with Gasteiger partial charge in [-0.05, 0) is 63.7 Å². The van der Waals surface area contributed by atoms with Crippen LogP contribution in [0.1, 0.15) is 0 Å². The van der Waals surface area contributed by atoms with Gasteiger partial charge in [-0.2, -0.15) is 0 Å². The predicted octanol–water partition coefficient (Wildman–Crippen LogP) is 8.10. The molecule has 0 nitrogen and oxygen atoms in total. The molecular formula is C24H16BrCl. The lowest BCUT2D eigenvalue weighted by atomic mass is 9.93. The van der Waals surface area contributed by atoms with Crippen molar-refractivity contribution in [2.75, 3.05) is 0 Å². The zero-order chi connectivity index (χ0) is 17.9. The molecule has 0 N–H and O–H groups in total. The maximum atomic E-state index is 6.13. The summed E-state index contributed by atoms with van der Waals surface area (Å²) < 4.78 is 0.995. The highest BCUT2D eigenvalue weighted by atomic mass is 79.9. The highest BCUT2D eigenvalue weighted by Gasteiger charge is 2.09. The molecule has 126 valence electrons. The highest BCUT2D eigenvalue weighted by Crippen LogP contribution is 2.36. The molecule has 0 heterocycles. The van der Waals surface area contributed by atoms with Gasteiger partial charge in [-0.25, -0.2) is 0 Å². The Morgan fingerprint density at radius 2 is 1.00 bits per heavy atom. The van der Waals surface area contributed by atoms with E-state index in [4.69, 9.17) is 11.6 Å². The molecule has 4 aromatic carbocycles. The van der Waals surface area contributed by atoms with Crippen LogP contribution in [0.2, 0.25) is 5.02 Å². The summed E-state index contributed by atoms with van der Waals surface area (Å²) in [6.45, 7) is 0. The molecule has 0 unspecified atom stereocenters. The van der Waals surface area contributed by atoms with Crippen LogP contribution in [0.4, 0.5) is 0 Å². The molecule has 0 fully saturated rings. The van der Waals surface area contributed by atoms with E-state index in [0.717, 1.165) is 20.6 Å². The fourth-order valence-corrected chi connectivity index (χ4v) is 4.01. The number of rotatable bonds is 3. The van der Waals surface area contributed by atoms with Gasteiger partial charge in [0.2, 0.25) is 0 Å². The smallest absolute Gasteiger partial charge is 0.0417 e. The van der Waals surface area contributed by atoms with Gasteiger partial charge in [0, 0.05) is 9.50 Å². The van der Waals surface area contributed by atoms with Crippen molar-refractivity contribution in [1.82, 2.24) is 0 Å². The Hall–Kier alpha value is -2.35. The van der Waals surface area contributed by atoms with Crippen molar-refractivity contribution in [2.24, 2.45) is 0 Å². The topological polar surface area (TPSA) is 0 Å². The van der Waals surface area contributed by atoms with Gasteiger partial charge < -0.3 is 0 Å². The minimum atomic E-state index is 0.725. The van der Waals surface area contributed by atoms with Crippen LogP contribution in [0.25, 0.3) is 33.4 Å². The van der Waals surface area contributed by atoms with Crippen molar-refractivity contribution in [3.05, 3.63) is 107 Å². The molecule has 0 atom stereocenters. The quantitative estimate of drug-likeness (QED) is 0.314. The number of halogens is 2. The normalized spacial score (nSPS) is 10.7. The van der Waals surface area contributed by atoms with Crippen molar-refractivity contribution < 1.29 is 0 Å². The summed E-state index contributed by atoms with van der Waals surface area (Å²) in [7, 11) is 0. The largest absolute Gasteiger partial charge is 0.0843 e. The first-order valence-corrected chi connectivity index (χ1v) is 9.59. The minimum absolute atomic E-state index is 0.725.